The Kier molecular flexibility index (Phi) is 12.4. The monoisotopic (exact) mass is 1040 g/mol. The number of nitrogens with zero attached hydrogens (tertiary/aromatic N) is 2. The minimum Gasteiger partial charge on any atom is -0.311 e. The van der Waals surface area contributed by atoms with Gasteiger partial charge >= 0.3 is 0 Å². The second-order valence-corrected chi connectivity index (χ2v) is 21.4. The molecule has 1 aliphatic carbocycles. The van der Waals surface area contributed by atoms with Crippen LogP contribution in [-0.4, -0.2) is 4.57 Å². The van der Waals surface area contributed by atoms with E-state index in [2.05, 4.69) is 325 Å². The summed E-state index contributed by atoms with van der Waals surface area (Å²) in [4.78, 5) is 2.36. The number of hydrogen-bond acceptors (Lipinski definition) is 1. The smallest absolute Gasteiger partial charge is 0.0541 e. The summed E-state index contributed by atoms with van der Waals surface area (Å²) in [6, 6.07) is 109. The number of allylic oxidation sites excluding steroid dienone is 4. The maximum absolute atomic E-state index is 2.45. The molecule has 14 aromatic rings. The minimum absolute atomic E-state index is 1.04. The second kappa shape index (κ2) is 20.9. The second-order valence-electron chi connectivity index (χ2n) is 21.4. The Hall–Kier alpha value is -10.5. The lowest BCUT2D eigenvalue weighted by molar-refractivity contribution is 1.05. The quantitative estimate of drug-likeness (QED) is 0.117. The maximum Gasteiger partial charge on any atom is 0.0541 e. The first-order chi connectivity index (χ1) is 40.7. The fourth-order valence-electron chi connectivity index (χ4n) is 12.9. The highest BCUT2D eigenvalue weighted by Crippen LogP contribution is 2.47. The van der Waals surface area contributed by atoms with Gasteiger partial charge in [-0.1, -0.05) is 237 Å². The third-order valence-electron chi connectivity index (χ3n) is 16.7. The van der Waals surface area contributed by atoms with Gasteiger partial charge in [0.25, 0.3) is 0 Å². The summed E-state index contributed by atoms with van der Waals surface area (Å²) in [6.45, 7) is 0. The van der Waals surface area contributed by atoms with E-state index in [0.29, 0.717) is 0 Å². The Morgan fingerprint density at radius 3 is 1.26 bits per heavy atom. The number of fused-ring (bicyclic) bond motifs is 5. The van der Waals surface area contributed by atoms with Crippen LogP contribution >= 0.6 is 0 Å². The average Bonchev–Trinajstić information content (AvgIpc) is 3.90. The molecule has 386 valence electrons. The molecular formula is C80H56N2. The van der Waals surface area contributed by atoms with E-state index in [1.54, 1.807) is 0 Å². The molecule has 0 fully saturated rings. The van der Waals surface area contributed by atoms with Gasteiger partial charge in [0.15, 0.2) is 0 Å². The van der Waals surface area contributed by atoms with Crippen molar-refractivity contribution >= 4 is 66.0 Å². The van der Waals surface area contributed by atoms with Gasteiger partial charge in [-0.25, -0.2) is 0 Å². The lowest BCUT2D eigenvalue weighted by Crippen LogP contribution is -2.10. The van der Waals surface area contributed by atoms with Gasteiger partial charge < -0.3 is 9.47 Å². The molecule has 0 bridgehead atoms. The molecular weight excluding hydrogens is 989 g/mol. The van der Waals surface area contributed by atoms with E-state index in [1.165, 1.54) is 116 Å². The summed E-state index contributed by atoms with van der Waals surface area (Å²) in [6.07, 6.45) is 8.86. The van der Waals surface area contributed by atoms with Gasteiger partial charge in [0.1, 0.15) is 0 Å². The highest BCUT2D eigenvalue weighted by Gasteiger charge is 2.21. The third-order valence-corrected chi connectivity index (χ3v) is 16.7. The summed E-state index contributed by atoms with van der Waals surface area (Å²) in [5.74, 6) is 0. The summed E-state index contributed by atoms with van der Waals surface area (Å²) in [5.41, 5.74) is 24.0. The Morgan fingerprint density at radius 1 is 0.280 bits per heavy atom. The van der Waals surface area contributed by atoms with Gasteiger partial charge in [0.05, 0.1) is 11.0 Å². The predicted octanol–water partition coefficient (Wildman–Crippen LogP) is 22.3. The van der Waals surface area contributed by atoms with Gasteiger partial charge in [-0.05, 0) is 191 Å². The van der Waals surface area contributed by atoms with Crippen LogP contribution in [0, 0.1) is 0 Å². The number of para-hydroxylation sites is 1. The first-order valence-corrected chi connectivity index (χ1v) is 28.5. The average molecular weight is 1050 g/mol. The SMILES string of the molecule is C1=CCCC(c2ccccc2-c2ccc3c(c2)c2cc(-c4ccccc4-c4ccccc4)ccc2n3-c2ccc(N(c3ccccc3)c3ccc(-c4ccc5c(-c6ccccc6)c6ccccc6c(-c6ccccc6)c5c4)cc3)cc2)=C1. The van der Waals surface area contributed by atoms with Crippen LogP contribution in [0.2, 0.25) is 0 Å². The molecule has 0 N–H and O–H groups in total. The van der Waals surface area contributed by atoms with Crippen LogP contribution in [0.4, 0.5) is 17.1 Å². The van der Waals surface area contributed by atoms with Gasteiger partial charge in [-0.15, -0.1) is 0 Å². The lowest BCUT2D eigenvalue weighted by atomic mass is 9.85. The number of anilines is 3. The van der Waals surface area contributed by atoms with Crippen molar-refractivity contribution in [1.82, 2.24) is 4.57 Å². The van der Waals surface area contributed by atoms with Gasteiger partial charge in [0.2, 0.25) is 0 Å². The molecule has 0 amide bonds. The summed E-state index contributed by atoms with van der Waals surface area (Å²) >= 11 is 0. The molecule has 82 heavy (non-hydrogen) atoms. The number of hydrogen-bond donors (Lipinski definition) is 0. The molecule has 13 aromatic carbocycles. The van der Waals surface area contributed by atoms with E-state index < -0.39 is 0 Å². The van der Waals surface area contributed by atoms with Crippen LogP contribution in [0.1, 0.15) is 18.4 Å². The zero-order valence-electron chi connectivity index (χ0n) is 45.3. The summed E-state index contributed by atoms with van der Waals surface area (Å²) in [7, 11) is 0. The molecule has 0 spiro atoms. The maximum atomic E-state index is 2.45. The Bertz CT molecular complexity index is 4740. The van der Waals surface area contributed by atoms with E-state index in [9.17, 15) is 0 Å². The van der Waals surface area contributed by atoms with Gasteiger partial charge in [-0.3, -0.25) is 0 Å². The molecule has 2 heteroatoms. The zero-order chi connectivity index (χ0) is 54.3. The van der Waals surface area contributed by atoms with E-state index >= 15 is 0 Å². The highest BCUT2D eigenvalue weighted by atomic mass is 15.1. The molecule has 0 radical (unpaired) electrons. The van der Waals surface area contributed by atoms with Crippen molar-refractivity contribution in [1.29, 1.82) is 0 Å². The Morgan fingerprint density at radius 2 is 0.695 bits per heavy atom. The molecule has 1 aromatic heterocycles. The van der Waals surface area contributed by atoms with Crippen molar-refractivity contribution in [3.63, 3.8) is 0 Å². The van der Waals surface area contributed by atoms with Gasteiger partial charge in [0, 0.05) is 33.5 Å². The van der Waals surface area contributed by atoms with Gasteiger partial charge in [-0.2, -0.15) is 0 Å². The molecule has 0 unspecified atom stereocenters. The highest BCUT2D eigenvalue weighted by molar-refractivity contribution is 6.22. The Balaban J connectivity index is 0.834. The van der Waals surface area contributed by atoms with E-state index in [0.717, 1.165) is 41.2 Å². The van der Waals surface area contributed by atoms with Crippen LogP contribution < -0.4 is 4.90 Å². The molecule has 15 rings (SSSR count). The van der Waals surface area contributed by atoms with Crippen LogP contribution in [-0.2, 0) is 0 Å². The van der Waals surface area contributed by atoms with Crippen LogP contribution in [0.25, 0.3) is 121 Å². The topological polar surface area (TPSA) is 8.17 Å². The van der Waals surface area contributed by atoms with Crippen molar-refractivity contribution in [3.8, 4) is 72.4 Å². The number of rotatable bonds is 11. The van der Waals surface area contributed by atoms with Crippen molar-refractivity contribution in [2.75, 3.05) is 4.90 Å². The fraction of sp³-hybridized carbons (Fsp3) is 0.0250. The van der Waals surface area contributed by atoms with Crippen molar-refractivity contribution < 1.29 is 0 Å². The normalized spacial score (nSPS) is 12.3. The standard InChI is InChI=1S/C80H56N2/c1-6-22-56(23-7-1)67-32-16-18-34-69(67)61-41-50-77-74(53-61)75-54-62(70-35-19-17-33-68(70)57-24-8-2-9-25-57)42-51-78(75)82(77)66-47-45-65(46-48-66)81(63-30-14-5-15-31-63)64-43-38-55(39-44-64)60-40-49-73-76(52-60)80(59-28-12-4-13-29-59)72-37-21-20-36-71(72)79(73)58-26-10-3-11-27-58/h1-8,10-24,26-54H,9,25H2. The zero-order valence-corrected chi connectivity index (χ0v) is 45.3. The predicted molar refractivity (Wildman–Crippen MR) is 349 cm³/mol. The van der Waals surface area contributed by atoms with Crippen molar-refractivity contribution in [2.45, 2.75) is 12.8 Å². The number of aromatic nitrogens is 1. The largest absolute Gasteiger partial charge is 0.311 e. The third kappa shape index (κ3) is 8.70. The molecule has 1 heterocycles. The lowest BCUT2D eigenvalue weighted by Gasteiger charge is -2.26. The van der Waals surface area contributed by atoms with Crippen LogP contribution in [0.15, 0.2) is 315 Å². The molecule has 0 saturated carbocycles. The van der Waals surface area contributed by atoms with Crippen LogP contribution in [0.3, 0.4) is 0 Å². The molecule has 0 aliphatic heterocycles. The molecule has 1 aliphatic rings. The van der Waals surface area contributed by atoms with Crippen molar-refractivity contribution in [2.24, 2.45) is 0 Å². The first kappa shape index (κ1) is 48.6. The van der Waals surface area contributed by atoms with Crippen molar-refractivity contribution in [3.05, 3.63) is 321 Å². The van der Waals surface area contributed by atoms with E-state index in [-0.39, 0.29) is 0 Å². The molecule has 2 nitrogen and oxygen atoms in total. The summed E-state index contributed by atoms with van der Waals surface area (Å²) < 4.78 is 2.45. The van der Waals surface area contributed by atoms with Crippen LogP contribution in [0.5, 0.6) is 0 Å². The van der Waals surface area contributed by atoms with E-state index in [4.69, 9.17) is 0 Å². The summed E-state index contributed by atoms with van der Waals surface area (Å²) in [5, 5.41) is 7.44. The fourth-order valence-corrected chi connectivity index (χ4v) is 12.9. The minimum atomic E-state index is 1.04. The first-order valence-electron chi connectivity index (χ1n) is 28.5. The van der Waals surface area contributed by atoms with E-state index in [1.807, 2.05) is 0 Å². The molecule has 0 atom stereocenters. The molecule has 0 saturated heterocycles. The Labute approximate surface area is 479 Å². The number of benzene rings is 13.